The zero-order chi connectivity index (χ0) is 11.1. The molecule has 1 aromatic carbocycles. The van der Waals surface area contributed by atoms with Crippen LogP contribution in [-0.4, -0.2) is 14.5 Å². The zero-order valence-electron chi connectivity index (χ0n) is 8.69. The quantitative estimate of drug-likeness (QED) is 0.645. The van der Waals surface area contributed by atoms with E-state index in [1.54, 1.807) is 6.08 Å². The fourth-order valence-electron chi connectivity index (χ4n) is 1.92. The Labute approximate surface area is 99.4 Å². The molecule has 0 atom stereocenters. The molecule has 16 heavy (non-hydrogen) atoms. The molecule has 0 fully saturated rings. The number of benzene rings is 1. The number of hydrogen-bond donors (Lipinski definition) is 0. The van der Waals surface area contributed by atoms with Crippen LogP contribution in [0.15, 0.2) is 41.8 Å². The van der Waals surface area contributed by atoms with Crippen LogP contribution in [0.4, 0.5) is 0 Å². The van der Waals surface area contributed by atoms with Crippen molar-refractivity contribution in [3.8, 4) is 0 Å². The van der Waals surface area contributed by atoms with Crippen molar-refractivity contribution in [3.63, 3.8) is 0 Å². The first-order chi connectivity index (χ1) is 7.85. The molecular weight excluding hydrogens is 263 g/mol. The Kier molecular flexibility index (Phi) is 2.13. The van der Waals surface area contributed by atoms with Gasteiger partial charge in [-0.2, -0.15) is 0 Å². The molecule has 1 nitrogen and oxygen atoms in total. The molecule has 0 aliphatic heterocycles. The van der Waals surface area contributed by atoms with E-state index in [1.165, 1.54) is 13.9 Å². The van der Waals surface area contributed by atoms with E-state index in [9.17, 15) is 0 Å². The Balaban J connectivity index is 2.54. The van der Waals surface area contributed by atoms with E-state index in [0.717, 1.165) is 16.9 Å². The molecule has 0 aliphatic rings. The summed E-state index contributed by atoms with van der Waals surface area (Å²) in [6.07, 6.45) is 3.63. The first-order valence-electron chi connectivity index (χ1n) is 5.04. The SMILES string of the molecule is C=Cc1oc2c([se]c3ccccc32)c1C=C. The van der Waals surface area contributed by atoms with Gasteiger partial charge in [0, 0.05) is 0 Å². The van der Waals surface area contributed by atoms with Gasteiger partial charge in [0.05, 0.1) is 0 Å². The van der Waals surface area contributed by atoms with Gasteiger partial charge in [-0.25, -0.2) is 0 Å². The van der Waals surface area contributed by atoms with E-state index < -0.39 is 0 Å². The Morgan fingerprint density at radius 3 is 2.69 bits per heavy atom. The van der Waals surface area contributed by atoms with E-state index in [-0.39, 0.29) is 0 Å². The third-order valence-corrected chi connectivity index (χ3v) is 5.15. The van der Waals surface area contributed by atoms with Crippen LogP contribution in [0.5, 0.6) is 0 Å². The molecule has 2 aromatic heterocycles. The molecule has 3 aromatic rings. The summed E-state index contributed by atoms with van der Waals surface area (Å²) in [5.74, 6) is 0.844. The van der Waals surface area contributed by atoms with Gasteiger partial charge in [-0.3, -0.25) is 0 Å². The van der Waals surface area contributed by atoms with Gasteiger partial charge in [0.25, 0.3) is 0 Å². The van der Waals surface area contributed by atoms with Crippen LogP contribution in [-0.2, 0) is 0 Å². The van der Waals surface area contributed by atoms with Crippen molar-refractivity contribution in [1.29, 1.82) is 0 Å². The number of rotatable bonds is 2. The van der Waals surface area contributed by atoms with Gasteiger partial charge in [-0.15, -0.1) is 0 Å². The molecule has 0 unspecified atom stereocenters. The van der Waals surface area contributed by atoms with Gasteiger partial charge < -0.3 is 0 Å². The Morgan fingerprint density at radius 2 is 1.94 bits per heavy atom. The fraction of sp³-hybridized carbons (Fsp3) is 0. The second-order valence-electron chi connectivity index (χ2n) is 3.54. The molecule has 2 heterocycles. The van der Waals surface area contributed by atoms with E-state index in [4.69, 9.17) is 4.42 Å². The van der Waals surface area contributed by atoms with Crippen LogP contribution < -0.4 is 0 Å². The maximum absolute atomic E-state index is 5.85. The van der Waals surface area contributed by atoms with Gasteiger partial charge >= 0.3 is 99.3 Å². The summed E-state index contributed by atoms with van der Waals surface area (Å²) in [7, 11) is 0. The summed E-state index contributed by atoms with van der Waals surface area (Å²) in [4.78, 5) is 0. The number of fused-ring (bicyclic) bond motifs is 3. The van der Waals surface area contributed by atoms with E-state index in [0.29, 0.717) is 14.5 Å². The van der Waals surface area contributed by atoms with Gasteiger partial charge in [0.15, 0.2) is 0 Å². The van der Waals surface area contributed by atoms with Gasteiger partial charge in [-0.1, -0.05) is 0 Å². The van der Waals surface area contributed by atoms with Gasteiger partial charge in [-0.05, 0) is 0 Å². The minimum atomic E-state index is 0.334. The molecule has 2 heteroatoms. The second kappa shape index (κ2) is 3.51. The van der Waals surface area contributed by atoms with Crippen LogP contribution in [0.3, 0.4) is 0 Å². The molecule has 0 spiro atoms. The third kappa shape index (κ3) is 1.18. The Hall–Kier alpha value is -1.50. The van der Waals surface area contributed by atoms with Gasteiger partial charge in [0.2, 0.25) is 0 Å². The average molecular weight is 273 g/mol. The normalized spacial score (nSPS) is 11.0. The molecule has 0 saturated heterocycles. The van der Waals surface area contributed by atoms with Crippen molar-refractivity contribution < 1.29 is 4.42 Å². The van der Waals surface area contributed by atoms with E-state index in [1.807, 2.05) is 12.1 Å². The van der Waals surface area contributed by atoms with Crippen molar-refractivity contribution >= 4 is 46.1 Å². The standard InChI is InChI=1S/C14H10OSe/c1-3-9-11(4-2)15-13-10-7-5-6-8-12(10)16-14(9)13/h3-8H,1-2H2. The summed E-state index contributed by atoms with van der Waals surface area (Å²) < 4.78 is 8.55. The van der Waals surface area contributed by atoms with Crippen LogP contribution in [0, 0.1) is 0 Å². The van der Waals surface area contributed by atoms with Gasteiger partial charge in [0.1, 0.15) is 0 Å². The van der Waals surface area contributed by atoms with Crippen molar-refractivity contribution in [1.82, 2.24) is 0 Å². The first-order valence-corrected chi connectivity index (χ1v) is 6.75. The fourth-order valence-corrected chi connectivity index (χ4v) is 4.39. The van der Waals surface area contributed by atoms with Crippen LogP contribution in [0.2, 0.25) is 0 Å². The Bertz CT molecular complexity index is 700. The molecule has 0 aliphatic carbocycles. The summed E-state index contributed by atoms with van der Waals surface area (Å²) >= 11 is 0.334. The summed E-state index contributed by atoms with van der Waals surface area (Å²) in [6, 6.07) is 8.42. The summed E-state index contributed by atoms with van der Waals surface area (Å²) in [6.45, 7) is 7.63. The predicted molar refractivity (Wildman–Crippen MR) is 70.8 cm³/mol. The number of furan rings is 1. The predicted octanol–water partition coefficient (Wildman–Crippen LogP) is 3.93. The Morgan fingerprint density at radius 1 is 1.12 bits per heavy atom. The van der Waals surface area contributed by atoms with Crippen LogP contribution in [0.1, 0.15) is 11.3 Å². The number of hydrogen-bond acceptors (Lipinski definition) is 1. The molecule has 78 valence electrons. The minimum absolute atomic E-state index is 0.334. The van der Waals surface area contributed by atoms with Crippen LogP contribution >= 0.6 is 0 Å². The summed E-state index contributed by atoms with van der Waals surface area (Å²) in [5, 5.41) is 1.23. The molecule has 3 rings (SSSR count). The molecule has 0 radical (unpaired) electrons. The van der Waals surface area contributed by atoms with Crippen molar-refractivity contribution in [2.24, 2.45) is 0 Å². The summed E-state index contributed by atoms with van der Waals surface area (Å²) in [5.41, 5.74) is 2.13. The molecule has 0 amide bonds. The first kappa shape index (κ1) is 9.71. The molecule has 0 bridgehead atoms. The van der Waals surface area contributed by atoms with Crippen LogP contribution in [0.25, 0.3) is 31.6 Å². The third-order valence-electron chi connectivity index (χ3n) is 2.66. The van der Waals surface area contributed by atoms with E-state index >= 15 is 0 Å². The second-order valence-corrected chi connectivity index (χ2v) is 5.75. The van der Waals surface area contributed by atoms with Crippen molar-refractivity contribution in [3.05, 3.63) is 48.7 Å². The molecule has 0 saturated carbocycles. The topological polar surface area (TPSA) is 13.1 Å². The molecule has 0 N–H and O–H groups in total. The van der Waals surface area contributed by atoms with Crippen molar-refractivity contribution in [2.45, 2.75) is 0 Å². The monoisotopic (exact) mass is 274 g/mol. The zero-order valence-corrected chi connectivity index (χ0v) is 10.4. The molecular formula is C14H10OSe. The van der Waals surface area contributed by atoms with E-state index in [2.05, 4.69) is 31.4 Å². The average Bonchev–Trinajstić information content (AvgIpc) is 2.83. The maximum atomic E-state index is 5.85. The van der Waals surface area contributed by atoms with Crippen molar-refractivity contribution in [2.75, 3.05) is 0 Å².